The Morgan fingerprint density at radius 1 is 1.40 bits per heavy atom. The van der Waals surface area contributed by atoms with Crippen molar-refractivity contribution in [3.8, 4) is 0 Å². The molecule has 4 rings (SSSR count). The van der Waals surface area contributed by atoms with Crippen molar-refractivity contribution in [3.05, 3.63) is 34.5 Å². The molecule has 10 nitrogen and oxygen atoms in total. The van der Waals surface area contributed by atoms with Crippen LogP contribution in [0.2, 0.25) is 0 Å². The summed E-state index contributed by atoms with van der Waals surface area (Å²) in [6, 6.07) is 0. The fraction of sp³-hybridized carbons (Fsp3) is 0.353. The van der Waals surface area contributed by atoms with Gasteiger partial charge in [0.1, 0.15) is 5.69 Å². The van der Waals surface area contributed by atoms with Crippen molar-refractivity contribution >= 4 is 51.7 Å². The number of aromatic nitrogens is 1. The number of oxime groups is 1. The Balaban J connectivity index is 0.000000220. The molecule has 0 aromatic carbocycles. The number of hydrogen-bond donors (Lipinski definition) is 3. The number of thiazole rings is 1. The fourth-order valence-electron chi connectivity index (χ4n) is 2.95. The van der Waals surface area contributed by atoms with Crippen molar-refractivity contribution in [1.82, 2.24) is 9.88 Å². The van der Waals surface area contributed by atoms with Crippen molar-refractivity contribution < 1.29 is 54.3 Å². The first kappa shape index (κ1) is 24.4. The molecular weight excluding hydrogens is 441 g/mol. The van der Waals surface area contributed by atoms with Crippen molar-refractivity contribution in [2.24, 2.45) is 16.8 Å². The maximum absolute atomic E-state index is 11.5. The number of hydrogen-bond acceptors (Lipinski definition) is 10. The molecule has 154 valence electrons. The molecule has 3 aliphatic rings. The maximum Gasteiger partial charge on any atom is 1.00 e. The second-order valence-electron chi connectivity index (χ2n) is 6.53. The smallest absolute Gasteiger partial charge is 0.543 e. The molecule has 1 saturated carbocycles. The molecule has 0 spiro atoms. The van der Waals surface area contributed by atoms with Gasteiger partial charge in [0.15, 0.2) is 10.8 Å². The molecule has 3 heterocycles. The van der Waals surface area contributed by atoms with E-state index < -0.39 is 11.9 Å². The van der Waals surface area contributed by atoms with Gasteiger partial charge < -0.3 is 26.6 Å². The van der Waals surface area contributed by atoms with E-state index in [1.807, 2.05) is 0 Å². The van der Waals surface area contributed by atoms with Crippen molar-refractivity contribution in [1.29, 1.82) is 0 Å². The average molecular weight is 459 g/mol. The summed E-state index contributed by atoms with van der Waals surface area (Å²) >= 11 is 2.75. The summed E-state index contributed by atoms with van der Waals surface area (Å²) in [5.74, 6) is -1.18. The predicted octanol–water partition coefficient (Wildman–Crippen LogP) is -3.35. The second kappa shape index (κ2) is 9.96. The summed E-state index contributed by atoms with van der Waals surface area (Å²) in [7, 11) is 0. The molecule has 2 amide bonds. The van der Waals surface area contributed by atoms with Crippen LogP contribution in [0, 0.1) is 5.92 Å². The van der Waals surface area contributed by atoms with Crippen LogP contribution in [0.25, 0.3) is 0 Å². The van der Waals surface area contributed by atoms with E-state index in [0.29, 0.717) is 23.7 Å². The van der Waals surface area contributed by atoms with Gasteiger partial charge in [-0.25, -0.2) is 4.98 Å². The molecule has 1 atom stereocenters. The Morgan fingerprint density at radius 3 is 2.50 bits per heavy atom. The molecule has 5 N–H and O–H groups in total. The van der Waals surface area contributed by atoms with Gasteiger partial charge in [-0.2, -0.15) is 0 Å². The van der Waals surface area contributed by atoms with Crippen molar-refractivity contribution in [2.45, 2.75) is 24.6 Å². The van der Waals surface area contributed by atoms with Crippen LogP contribution < -0.4 is 46.1 Å². The summed E-state index contributed by atoms with van der Waals surface area (Å²) in [5.41, 5.74) is 11.7. The topological polar surface area (TPSA) is 175 Å². The number of nitrogens with zero attached hydrogens (tertiary/aromatic N) is 3. The van der Waals surface area contributed by atoms with Crippen LogP contribution >= 0.6 is 23.1 Å². The second-order valence-corrected chi connectivity index (χ2v) is 8.59. The molecule has 1 aromatic rings. The van der Waals surface area contributed by atoms with E-state index >= 15 is 0 Å². The Kier molecular flexibility index (Phi) is 8.11. The molecule has 2 aliphatic heterocycles. The number of aliphatic carboxylic acids is 1. The molecule has 30 heavy (non-hydrogen) atoms. The number of carbonyl (C=O) groups excluding carboxylic acids is 3. The Morgan fingerprint density at radius 2 is 2.07 bits per heavy atom. The van der Waals surface area contributed by atoms with Crippen molar-refractivity contribution in [3.63, 3.8) is 0 Å². The summed E-state index contributed by atoms with van der Waals surface area (Å²) in [5, 5.41) is 24.1. The number of fused-ring (bicyclic) bond motifs is 1. The summed E-state index contributed by atoms with van der Waals surface area (Å²) in [6.45, 7) is 3.98. The Hall–Kier alpha value is -1.86. The van der Waals surface area contributed by atoms with E-state index in [9.17, 15) is 19.5 Å². The van der Waals surface area contributed by atoms with Gasteiger partial charge in [-0.3, -0.25) is 14.5 Å². The number of rotatable bonds is 5. The molecule has 1 aliphatic carbocycles. The molecular formula is C17H18N5NaO5S2. The molecule has 0 radical (unpaired) electrons. The van der Waals surface area contributed by atoms with Crippen LogP contribution in [0.1, 0.15) is 25.0 Å². The molecule has 0 bridgehead atoms. The van der Waals surface area contributed by atoms with Crippen LogP contribution in [0.5, 0.6) is 0 Å². The van der Waals surface area contributed by atoms with Gasteiger partial charge in [-0.05, 0) is 29.9 Å². The van der Waals surface area contributed by atoms with E-state index in [1.165, 1.54) is 10.3 Å². The third kappa shape index (κ3) is 5.06. The Labute approximate surface area is 202 Å². The minimum Gasteiger partial charge on any atom is -0.543 e. The third-order valence-electron chi connectivity index (χ3n) is 4.60. The van der Waals surface area contributed by atoms with E-state index in [0.717, 1.165) is 29.8 Å². The number of thioether (sulfide) groups is 1. The SMILES string of the molecule is C=C(C1=C(C(=O)[O-])N2C(=O)C[C@@H]2SC1)C1CC1.NC(=O)/C(=N\O)c1csc(N)n1.[Na+]. The first-order chi connectivity index (χ1) is 13.7. The minimum absolute atomic E-state index is 0. The largest absolute Gasteiger partial charge is 1.00 e. The number of carbonyl (C=O) groups is 3. The van der Waals surface area contributed by atoms with Gasteiger partial charge in [0.05, 0.1) is 23.5 Å². The summed E-state index contributed by atoms with van der Waals surface area (Å²) < 4.78 is 0. The van der Waals surface area contributed by atoms with Crippen LogP contribution in [0.4, 0.5) is 5.13 Å². The van der Waals surface area contributed by atoms with E-state index in [2.05, 4.69) is 16.7 Å². The van der Waals surface area contributed by atoms with E-state index in [-0.39, 0.29) is 63.1 Å². The molecule has 1 aromatic heterocycles. The number of allylic oxidation sites excluding steroid dienone is 1. The van der Waals surface area contributed by atoms with E-state index in [1.54, 1.807) is 11.8 Å². The number of amides is 2. The minimum atomic E-state index is -1.25. The zero-order valence-corrected chi connectivity index (χ0v) is 19.8. The number of primary amides is 1. The van der Waals surface area contributed by atoms with Gasteiger partial charge in [-0.15, -0.1) is 23.1 Å². The van der Waals surface area contributed by atoms with Gasteiger partial charge in [-0.1, -0.05) is 11.7 Å². The molecule has 0 unspecified atom stereocenters. The summed E-state index contributed by atoms with van der Waals surface area (Å²) in [6.07, 6.45) is 2.58. The third-order valence-corrected chi connectivity index (χ3v) is 6.49. The van der Waals surface area contributed by atoms with Gasteiger partial charge in [0, 0.05) is 11.1 Å². The van der Waals surface area contributed by atoms with Crippen LogP contribution in [0.15, 0.2) is 34.0 Å². The molecule has 1 saturated heterocycles. The number of anilines is 1. The average Bonchev–Trinajstić information content (AvgIpc) is 3.42. The zero-order valence-electron chi connectivity index (χ0n) is 16.2. The number of β-lactam (4-membered cyclic amide) rings is 1. The van der Waals surface area contributed by atoms with Gasteiger partial charge >= 0.3 is 29.6 Å². The number of nitrogens with two attached hydrogens (primary N) is 2. The fourth-order valence-corrected chi connectivity index (χ4v) is 4.81. The van der Waals surface area contributed by atoms with Gasteiger partial charge in [0.2, 0.25) is 5.91 Å². The zero-order chi connectivity index (χ0) is 21.3. The monoisotopic (exact) mass is 459 g/mol. The summed E-state index contributed by atoms with van der Waals surface area (Å²) in [4.78, 5) is 38.4. The first-order valence-corrected chi connectivity index (χ1v) is 10.5. The maximum atomic E-state index is 11.5. The normalized spacial score (nSPS) is 20.3. The molecule has 13 heteroatoms. The predicted molar refractivity (Wildman–Crippen MR) is 106 cm³/mol. The quantitative estimate of drug-likeness (QED) is 0.135. The number of nitrogen functional groups attached to an aromatic ring is 1. The molecule has 2 fully saturated rings. The van der Waals surface area contributed by atoms with Crippen LogP contribution in [-0.4, -0.2) is 49.7 Å². The van der Waals surface area contributed by atoms with E-state index in [4.69, 9.17) is 16.7 Å². The van der Waals surface area contributed by atoms with Crippen LogP contribution in [-0.2, 0) is 14.4 Å². The Bertz CT molecular complexity index is 956. The first-order valence-electron chi connectivity index (χ1n) is 8.55. The van der Waals surface area contributed by atoms with Crippen LogP contribution in [0.3, 0.4) is 0 Å². The van der Waals surface area contributed by atoms with Crippen molar-refractivity contribution in [2.75, 3.05) is 11.5 Å². The number of carboxylic acid groups (broad SMARTS) is 1. The standard InChI is InChI=1S/C12H13NO3S.C5H6N4O2S.Na/c1-6(7-2-3-7)8-5-17-10-4-9(14)13(10)11(8)12(15)16;6-4(10)3(9-11)2-1-12-5(7)8-2;/h7,10H,1-5H2,(H,15,16);1,11H,(H2,6,10)(H2,7,8);/q;;+1/p-1/b;9-3-;/t10-;;/m0../s1. The van der Waals surface area contributed by atoms with Gasteiger partial charge in [0.25, 0.3) is 5.91 Å². The number of carboxylic acids is 1.